The first-order valence-electron chi connectivity index (χ1n) is 10.3. The van der Waals surface area contributed by atoms with E-state index in [2.05, 4.69) is 26.1 Å². The van der Waals surface area contributed by atoms with Crippen LogP contribution < -0.4 is 5.32 Å². The molecule has 1 amide bonds. The van der Waals surface area contributed by atoms with Crippen molar-refractivity contribution in [1.82, 2.24) is 4.31 Å². The number of hydrogen-bond acceptors (Lipinski definition) is 5. The van der Waals surface area contributed by atoms with Crippen LogP contribution in [0.3, 0.4) is 0 Å². The molecule has 0 unspecified atom stereocenters. The van der Waals surface area contributed by atoms with Crippen LogP contribution in [-0.4, -0.2) is 43.8 Å². The lowest BCUT2D eigenvalue weighted by molar-refractivity contribution is -0.150. The molecule has 0 bridgehead atoms. The van der Waals surface area contributed by atoms with Gasteiger partial charge in [-0.2, -0.15) is 4.31 Å². The Hall–Kier alpha value is -2.78. The van der Waals surface area contributed by atoms with Crippen LogP contribution in [0.25, 0.3) is 0 Å². The van der Waals surface area contributed by atoms with Crippen LogP contribution in [0.15, 0.2) is 53.4 Å². The summed E-state index contributed by atoms with van der Waals surface area (Å²) < 4.78 is 45.8. The molecule has 1 heterocycles. The van der Waals surface area contributed by atoms with Crippen LogP contribution in [0.1, 0.15) is 39.2 Å². The van der Waals surface area contributed by atoms with Crippen molar-refractivity contribution >= 4 is 27.6 Å². The van der Waals surface area contributed by atoms with Crippen LogP contribution in [0.5, 0.6) is 0 Å². The summed E-state index contributed by atoms with van der Waals surface area (Å²) in [5.41, 5.74) is 1.65. The summed E-state index contributed by atoms with van der Waals surface area (Å²) in [5.74, 6) is -2.26. The van der Waals surface area contributed by atoms with Crippen molar-refractivity contribution in [2.45, 2.75) is 50.0 Å². The molecule has 2 aromatic carbocycles. The minimum absolute atomic E-state index is 0.0196. The lowest BCUT2D eigenvalue weighted by Gasteiger charge is -2.23. The molecule has 172 valence electrons. The molecule has 9 heteroatoms. The van der Waals surface area contributed by atoms with Crippen molar-refractivity contribution < 1.29 is 27.1 Å². The van der Waals surface area contributed by atoms with Gasteiger partial charge in [-0.25, -0.2) is 12.8 Å². The predicted molar refractivity (Wildman–Crippen MR) is 118 cm³/mol. The van der Waals surface area contributed by atoms with Gasteiger partial charge in [0.05, 0.1) is 0 Å². The number of carbonyl (C=O) groups is 2. The van der Waals surface area contributed by atoms with Gasteiger partial charge in [-0.1, -0.05) is 45.0 Å². The van der Waals surface area contributed by atoms with E-state index >= 15 is 0 Å². The maximum absolute atomic E-state index is 14.0. The number of ether oxygens (including phenoxy) is 1. The van der Waals surface area contributed by atoms with Gasteiger partial charge in [-0.15, -0.1) is 0 Å². The van der Waals surface area contributed by atoms with Crippen LogP contribution in [0, 0.1) is 5.82 Å². The Labute approximate surface area is 187 Å². The molecule has 1 fully saturated rings. The molecule has 1 saturated heterocycles. The van der Waals surface area contributed by atoms with E-state index in [-0.39, 0.29) is 18.4 Å². The zero-order valence-corrected chi connectivity index (χ0v) is 19.1. The van der Waals surface area contributed by atoms with Gasteiger partial charge >= 0.3 is 5.97 Å². The van der Waals surface area contributed by atoms with Gasteiger partial charge in [0, 0.05) is 12.2 Å². The average Bonchev–Trinajstić information content (AvgIpc) is 3.23. The second-order valence-corrected chi connectivity index (χ2v) is 10.5. The van der Waals surface area contributed by atoms with E-state index in [1.165, 1.54) is 12.1 Å². The molecule has 1 N–H and O–H groups in total. The molecule has 2 aromatic rings. The fourth-order valence-corrected chi connectivity index (χ4v) is 5.24. The molecule has 1 aliphatic rings. The highest BCUT2D eigenvalue weighted by Crippen LogP contribution is 2.28. The minimum atomic E-state index is -4.21. The summed E-state index contributed by atoms with van der Waals surface area (Å²) in [6, 6.07) is 11.3. The zero-order chi connectivity index (χ0) is 23.5. The third-order valence-electron chi connectivity index (χ3n) is 5.28. The zero-order valence-electron chi connectivity index (χ0n) is 18.3. The topological polar surface area (TPSA) is 92.8 Å². The largest absolute Gasteiger partial charge is 0.454 e. The summed E-state index contributed by atoms with van der Waals surface area (Å²) in [7, 11) is -4.21. The fourth-order valence-electron chi connectivity index (χ4n) is 3.53. The van der Waals surface area contributed by atoms with Crippen molar-refractivity contribution in [1.29, 1.82) is 0 Å². The number of halogens is 1. The molecule has 3 rings (SSSR count). The van der Waals surface area contributed by atoms with E-state index in [1.54, 1.807) is 12.1 Å². The number of amides is 1. The second-order valence-electron chi connectivity index (χ2n) is 8.69. The Balaban J connectivity index is 1.60. The van der Waals surface area contributed by atoms with E-state index < -0.39 is 45.3 Å². The highest BCUT2D eigenvalue weighted by molar-refractivity contribution is 7.89. The van der Waals surface area contributed by atoms with Gasteiger partial charge < -0.3 is 10.1 Å². The quantitative estimate of drug-likeness (QED) is 0.664. The first-order valence-corrected chi connectivity index (χ1v) is 11.8. The molecule has 1 aliphatic heterocycles. The third kappa shape index (κ3) is 5.34. The Kier molecular flexibility index (Phi) is 7.00. The molecule has 0 radical (unpaired) electrons. The molecule has 7 nitrogen and oxygen atoms in total. The summed E-state index contributed by atoms with van der Waals surface area (Å²) in [4.78, 5) is 24.2. The van der Waals surface area contributed by atoms with Crippen LogP contribution in [0.2, 0.25) is 0 Å². The van der Waals surface area contributed by atoms with E-state index in [9.17, 15) is 22.4 Å². The highest BCUT2D eigenvalue weighted by Gasteiger charge is 2.41. The van der Waals surface area contributed by atoms with Crippen molar-refractivity contribution in [2.75, 3.05) is 18.5 Å². The number of anilines is 1. The second kappa shape index (κ2) is 9.38. The van der Waals surface area contributed by atoms with Crippen LogP contribution in [0.4, 0.5) is 10.1 Å². The predicted octanol–water partition coefficient (Wildman–Crippen LogP) is 3.46. The number of nitrogens with one attached hydrogen (secondary N) is 1. The Morgan fingerprint density at radius 2 is 1.78 bits per heavy atom. The molecule has 0 aromatic heterocycles. The van der Waals surface area contributed by atoms with Crippen LogP contribution >= 0.6 is 0 Å². The monoisotopic (exact) mass is 462 g/mol. The molecule has 1 atom stereocenters. The normalized spacial score (nSPS) is 17.2. The maximum Gasteiger partial charge on any atom is 0.324 e. The van der Waals surface area contributed by atoms with E-state index in [0.29, 0.717) is 12.1 Å². The molecule has 0 spiro atoms. The summed E-state index contributed by atoms with van der Waals surface area (Å²) in [6.45, 7) is 5.77. The van der Waals surface area contributed by atoms with E-state index in [4.69, 9.17) is 4.74 Å². The standard InChI is InChI=1S/C23H27FN2O5S/c1-23(2,3)16-10-12-17(13-11-16)25-21(27)15-31-22(28)19-8-6-14-26(19)32(29,30)20-9-5-4-7-18(20)24/h4-5,7,9-13,19H,6,8,14-15H2,1-3H3,(H,25,27)/t19-/m0/s1. The van der Waals surface area contributed by atoms with E-state index in [1.807, 2.05) is 12.1 Å². The average molecular weight is 463 g/mol. The number of sulfonamides is 1. The molecule has 0 saturated carbocycles. The van der Waals surface area contributed by atoms with Gasteiger partial charge in [0.2, 0.25) is 10.0 Å². The SMILES string of the molecule is CC(C)(C)c1ccc(NC(=O)COC(=O)[C@@H]2CCCN2S(=O)(=O)c2ccccc2F)cc1. The van der Waals surface area contributed by atoms with E-state index in [0.717, 1.165) is 22.0 Å². The molecular weight excluding hydrogens is 435 g/mol. The maximum atomic E-state index is 14.0. The number of carbonyl (C=O) groups excluding carboxylic acids is 2. The number of rotatable bonds is 6. The minimum Gasteiger partial charge on any atom is -0.454 e. The lowest BCUT2D eigenvalue weighted by atomic mass is 9.87. The Morgan fingerprint density at radius 1 is 1.12 bits per heavy atom. The number of nitrogens with zero attached hydrogens (tertiary/aromatic N) is 1. The Morgan fingerprint density at radius 3 is 2.41 bits per heavy atom. The Bertz CT molecular complexity index is 1090. The fraction of sp³-hybridized carbons (Fsp3) is 0.391. The first-order chi connectivity index (χ1) is 15.0. The third-order valence-corrected chi connectivity index (χ3v) is 7.22. The van der Waals surface area contributed by atoms with Gasteiger partial charge in [0.1, 0.15) is 16.8 Å². The molecule has 0 aliphatic carbocycles. The molecule has 32 heavy (non-hydrogen) atoms. The van der Waals surface area contributed by atoms with Crippen molar-refractivity contribution in [3.05, 3.63) is 59.9 Å². The molecular formula is C23H27FN2O5S. The van der Waals surface area contributed by atoms with Crippen molar-refractivity contribution in [3.63, 3.8) is 0 Å². The summed E-state index contributed by atoms with van der Waals surface area (Å²) in [6.07, 6.45) is 0.669. The van der Waals surface area contributed by atoms with Gasteiger partial charge in [-0.3, -0.25) is 9.59 Å². The van der Waals surface area contributed by atoms with Gasteiger partial charge in [-0.05, 0) is 48.1 Å². The first kappa shape index (κ1) is 23.9. The van der Waals surface area contributed by atoms with Gasteiger partial charge in [0.15, 0.2) is 6.61 Å². The number of esters is 1. The summed E-state index contributed by atoms with van der Waals surface area (Å²) >= 11 is 0. The summed E-state index contributed by atoms with van der Waals surface area (Å²) in [5, 5.41) is 2.64. The van der Waals surface area contributed by atoms with Gasteiger partial charge in [0.25, 0.3) is 5.91 Å². The number of benzene rings is 2. The highest BCUT2D eigenvalue weighted by atomic mass is 32.2. The smallest absolute Gasteiger partial charge is 0.324 e. The van der Waals surface area contributed by atoms with Crippen molar-refractivity contribution in [2.24, 2.45) is 0 Å². The number of hydrogen-bond donors (Lipinski definition) is 1. The van der Waals surface area contributed by atoms with Crippen LogP contribution in [-0.2, 0) is 29.8 Å². The van der Waals surface area contributed by atoms with Crippen molar-refractivity contribution in [3.8, 4) is 0 Å². The lowest BCUT2D eigenvalue weighted by Crippen LogP contribution is -2.42.